The molecule has 3 rings (SSSR count). The van der Waals surface area contributed by atoms with Crippen LogP contribution in [0.4, 0.5) is 5.69 Å². The van der Waals surface area contributed by atoms with Gasteiger partial charge in [0.05, 0.1) is 23.8 Å². The van der Waals surface area contributed by atoms with Gasteiger partial charge in [-0.3, -0.25) is 4.79 Å². The number of nitrogens with zero attached hydrogens (tertiary/aromatic N) is 1. The minimum atomic E-state index is -0.155. The maximum Gasteiger partial charge on any atom is 0.264 e. The lowest BCUT2D eigenvalue weighted by molar-refractivity contribution is -0.115. The predicted molar refractivity (Wildman–Crippen MR) is 111 cm³/mol. The third-order valence-electron chi connectivity index (χ3n) is 3.78. The zero-order valence-electron chi connectivity index (χ0n) is 15.6. The number of amides is 1. The second-order valence-corrected chi connectivity index (χ2v) is 6.92. The first-order valence-electron chi connectivity index (χ1n) is 8.85. The van der Waals surface area contributed by atoms with E-state index in [4.69, 9.17) is 9.47 Å². The van der Waals surface area contributed by atoms with Crippen molar-refractivity contribution in [2.45, 2.75) is 20.8 Å². The minimum Gasteiger partial charge on any atom is -0.490 e. The molecule has 0 saturated carbocycles. The Morgan fingerprint density at radius 1 is 1.04 bits per heavy atom. The van der Waals surface area contributed by atoms with Gasteiger partial charge in [0.2, 0.25) is 0 Å². The predicted octanol–water partition coefficient (Wildman–Crippen LogP) is 4.68. The summed E-state index contributed by atoms with van der Waals surface area (Å²) < 4.78 is 11.2. The fourth-order valence-electron chi connectivity index (χ4n) is 2.53. The summed E-state index contributed by atoms with van der Waals surface area (Å²) in [6.07, 6.45) is 1.83. The molecule has 5 nitrogen and oxygen atoms in total. The van der Waals surface area contributed by atoms with Crippen molar-refractivity contribution in [1.82, 2.24) is 5.32 Å². The van der Waals surface area contributed by atoms with E-state index in [1.807, 2.05) is 69.3 Å². The first-order valence-corrected chi connectivity index (χ1v) is 9.66. The summed E-state index contributed by atoms with van der Waals surface area (Å²) in [7, 11) is 0. The van der Waals surface area contributed by atoms with Crippen LogP contribution in [0.1, 0.15) is 25.0 Å². The van der Waals surface area contributed by atoms with Crippen LogP contribution in [0.5, 0.6) is 11.5 Å². The Morgan fingerprint density at radius 3 is 2.44 bits per heavy atom. The summed E-state index contributed by atoms with van der Waals surface area (Å²) in [5.74, 6) is 1.22. The molecule has 1 saturated heterocycles. The number of aliphatic imine (C=N–C) groups is 1. The van der Waals surface area contributed by atoms with Crippen LogP contribution >= 0.6 is 11.8 Å². The van der Waals surface area contributed by atoms with Gasteiger partial charge in [0, 0.05) is 0 Å². The maximum absolute atomic E-state index is 12.3. The Bertz CT molecular complexity index is 889. The van der Waals surface area contributed by atoms with Gasteiger partial charge in [0.15, 0.2) is 16.7 Å². The SMILES string of the molecule is CCOc1ccc(/C=C2\SC(=Nc3ccc(C)cc3)NC2=O)cc1OCC. The van der Waals surface area contributed by atoms with Crippen LogP contribution in [-0.4, -0.2) is 24.3 Å². The van der Waals surface area contributed by atoms with Crippen molar-refractivity contribution in [3.05, 3.63) is 58.5 Å². The molecule has 6 heteroatoms. The highest BCUT2D eigenvalue weighted by atomic mass is 32.2. The monoisotopic (exact) mass is 382 g/mol. The average molecular weight is 382 g/mol. The van der Waals surface area contributed by atoms with Crippen molar-refractivity contribution in [3.8, 4) is 11.5 Å². The van der Waals surface area contributed by atoms with Crippen LogP contribution in [0.3, 0.4) is 0 Å². The van der Waals surface area contributed by atoms with Gasteiger partial charge in [-0.1, -0.05) is 23.8 Å². The smallest absolute Gasteiger partial charge is 0.264 e. The quantitative estimate of drug-likeness (QED) is 0.737. The number of benzene rings is 2. The molecule has 0 aromatic heterocycles. The third kappa shape index (κ3) is 4.92. The Labute approximate surface area is 163 Å². The molecule has 0 atom stereocenters. The van der Waals surface area contributed by atoms with Crippen LogP contribution < -0.4 is 14.8 Å². The van der Waals surface area contributed by atoms with Crippen LogP contribution in [0.15, 0.2) is 52.4 Å². The number of hydrogen-bond donors (Lipinski definition) is 1. The number of rotatable bonds is 6. The number of carbonyl (C=O) groups is 1. The molecule has 2 aromatic rings. The third-order valence-corrected chi connectivity index (χ3v) is 4.69. The standard InChI is InChI=1S/C21H22N2O3S/c1-4-25-17-11-8-15(12-18(17)26-5-2)13-19-20(24)23-21(27-19)22-16-9-6-14(3)7-10-16/h6-13H,4-5H2,1-3H3,(H,22,23,24)/b19-13-. The highest BCUT2D eigenvalue weighted by molar-refractivity contribution is 8.18. The van der Waals surface area contributed by atoms with E-state index in [1.54, 1.807) is 0 Å². The Hall–Kier alpha value is -2.73. The molecule has 0 aliphatic carbocycles. The van der Waals surface area contributed by atoms with Gasteiger partial charge in [-0.25, -0.2) is 4.99 Å². The van der Waals surface area contributed by atoms with Crippen molar-refractivity contribution in [3.63, 3.8) is 0 Å². The van der Waals surface area contributed by atoms with E-state index in [0.29, 0.717) is 34.8 Å². The molecule has 1 aliphatic rings. The molecule has 0 radical (unpaired) electrons. The Morgan fingerprint density at radius 2 is 1.74 bits per heavy atom. The number of ether oxygens (including phenoxy) is 2. The lowest BCUT2D eigenvalue weighted by Crippen LogP contribution is -2.19. The molecule has 0 spiro atoms. The van der Waals surface area contributed by atoms with E-state index < -0.39 is 0 Å². The molecule has 1 N–H and O–H groups in total. The average Bonchev–Trinajstić information content (AvgIpc) is 2.98. The number of carbonyl (C=O) groups excluding carboxylic acids is 1. The molecule has 1 heterocycles. The van der Waals surface area contributed by atoms with E-state index in [-0.39, 0.29) is 5.91 Å². The largest absolute Gasteiger partial charge is 0.490 e. The summed E-state index contributed by atoms with van der Waals surface area (Å²) in [4.78, 5) is 17.4. The lowest BCUT2D eigenvalue weighted by atomic mass is 10.2. The molecule has 140 valence electrons. The minimum absolute atomic E-state index is 0.155. The number of thioether (sulfide) groups is 1. The Balaban J connectivity index is 1.81. The van der Waals surface area contributed by atoms with Crippen molar-refractivity contribution >= 4 is 34.6 Å². The van der Waals surface area contributed by atoms with Gasteiger partial charge < -0.3 is 14.8 Å². The number of amidine groups is 1. The molecule has 0 bridgehead atoms. The van der Waals surface area contributed by atoms with E-state index in [1.165, 1.54) is 17.3 Å². The van der Waals surface area contributed by atoms with E-state index in [9.17, 15) is 4.79 Å². The second-order valence-electron chi connectivity index (χ2n) is 5.89. The van der Waals surface area contributed by atoms with Crippen LogP contribution in [0, 0.1) is 6.92 Å². The van der Waals surface area contributed by atoms with E-state index in [2.05, 4.69) is 10.3 Å². The normalized spacial score (nSPS) is 16.6. The van der Waals surface area contributed by atoms with Crippen LogP contribution in [0.25, 0.3) is 6.08 Å². The fraction of sp³-hybridized carbons (Fsp3) is 0.238. The van der Waals surface area contributed by atoms with Gasteiger partial charge in [-0.05, 0) is 68.4 Å². The maximum atomic E-state index is 12.3. The second kappa shape index (κ2) is 8.77. The van der Waals surface area contributed by atoms with Crippen molar-refractivity contribution in [2.24, 2.45) is 4.99 Å². The fourth-order valence-corrected chi connectivity index (χ4v) is 3.37. The zero-order chi connectivity index (χ0) is 19.2. The van der Waals surface area contributed by atoms with Crippen LogP contribution in [-0.2, 0) is 4.79 Å². The Kier molecular flexibility index (Phi) is 6.19. The molecule has 2 aromatic carbocycles. The first kappa shape index (κ1) is 19.0. The van der Waals surface area contributed by atoms with E-state index in [0.717, 1.165) is 11.3 Å². The van der Waals surface area contributed by atoms with Gasteiger partial charge in [-0.15, -0.1) is 0 Å². The zero-order valence-corrected chi connectivity index (χ0v) is 16.4. The molecular formula is C21H22N2O3S. The molecule has 1 fully saturated rings. The van der Waals surface area contributed by atoms with Gasteiger partial charge in [0.1, 0.15) is 0 Å². The van der Waals surface area contributed by atoms with Crippen molar-refractivity contribution in [1.29, 1.82) is 0 Å². The van der Waals surface area contributed by atoms with Gasteiger partial charge >= 0.3 is 0 Å². The number of aryl methyl sites for hydroxylation is 1. The summed E-state index contributed by atoms with van der Waals surface area (Å²) >= 11 is 1.32. The summed E-state index contributed by atoms with van der Waals surface area (Å²) in [5, 5.41) is 3.38. The van der Waals surface area contributed by atoms with Crippen LogP contribution in [0.2, 0.25) is 0 Å². The molecule has 1 aliphatic heterocycles. The first-order chi connectivity index (χ1) is 13.1. The summed E-state index contributed by atoms with van der Waals surface area (Å²) in [5.41, 5.74) is 2.85. The molecule has 0 unspecified atom stereocenters. The summed E-state index contributed by atoms with van der Waals surface area (Å²) in [6, 6.07) is 13.5. The van der Waals surface area contributed by atoms with Crippen molar-refractivity contribution in [2.75, 3.05) is 13.2 Å². The molecule has 27 heavy (non-hydrogen) atoms. The topological polar surface area (TPSA) is 59.9 Å². The molecular weight excluding hydrogens is 360 g/mol. The number of hydrogen-bond acceptors (Lipinski definition) is 5. The molecule has 1 amide bonds. The highest BCUT2D eigenvalue weighted by Crippen LogP contribution is 2.32. The lowest BCUT2D eigenvalue weighted by Gasteiger charge is -2.11. The van der Waals surface area contributed by atoms with Gasteiger partial charge in [-0.2, -0.15) is 0 Å². The number of nitrogens with one attached hydrogen (secondary N) is 1. The summed E-state index contributed by atoms with van der Waals surface area (Å²) in [6.45, 7) is 6.99. The van der Waals surface area contributed by atoms with Gasteiger partial charge in [0.25, 0.3) is 5.91 Å². The van der Waals surface area contributed by atoms with E-state index >= 15 is 0 Å². The highest BCUT2D eigenvalue weighted by Gasteiger charge is 2.24. The van der Waals surface area contributed by atoms with Crippen molar-refractivity contribution < 1.29 is 14.3 Å².